The molecule has 0 radical (unpaired) electrons. The van der Waals surface area contributed by atoms with Gasteiger partial charge in [-0.3, -0.25) is 0 Å². The lowest BCUT2D eigenvalue weighted by molar-refractivity contribution is -0.0802. The second-order valence-electron chi connectivity index (χ2n) is 7.37. The van der Waals surface area contributed by atoms with Crippen LogP contribution in [0.15, 0.2) is 24.3 Å². The Bertz CT molecular complexity index is 468. The molecule has 3 rings (SSSR count). The summed E-state index contributed by atoms with van der Waals surface area (Å²) in [6, 6.07) is 9.26. The van der Waals surface area contributed by atoms with Gasteiger partial charge in [-0.1, -0.05) is 49.1 Å². The van der Waals surface area contributed by atoms with E-state index in [1.807, 2.05) is 0 Å². The van der Waals surface area contributed by atoms with Gasteiger partial charge in [-0.25, -0.2) is 0 Å². The molecule has 2 aliphatic rings. The van der Waals surface area contributed by atoms with Gasteiger partial charge in [0, 0.05) is 12.1 Å². The minimum atomic E-state index is -1.27. The summed E-state index contributed by atoms with van der Waals surface area (Å²) in [4.78, 5) is 0. The molecular weight excluding hydrogens is 266 g/mol. The number of hydrogen-bond acceptors (Lipinski definition) is 3. The predicted molar refractivity (Wildman–Crippen MR) is 84.1 cm³/mol. The number of ether oxygens (including phenoxy) is 1. The van der Waals surface area contributed by atoms with Crippen molar-refractivity contribution in [1.82, 2.24) is 5.32 Å². The number of rotatable bonds is 2. The fraction of sp³-hybridized carbons (Fsp3) is 0.625. The lowest BCUT2D eigenvalue weighted by atomic mass is 9.78. The summed E-state index contributed by atoms with van der Waals surface area (Å²) in [5, 5.41) is 16.0. The molecule has 4 heteroatoms. The Labute approximate surface area is 122 Å². The topological polar surface area (TPSA) is 41.5 Å². The van der Waals surface area contributed by atoms with Crippen molar-refractivity contribution < 1.29 is 9.84 Å². The van der Waals surface area contributed by atoms with Gasteiger partial charge in [0.25, 0.3) is 0 Å². The van der Waals surface area contributed by atoms with Crippen LogP contribution >= 0.6 is 0 Å². The monoisotopic (exact) mass is 291 g/mol. The van der Waals surface area contributed by atoms with Crippen molar-refractivity contribution in [2.45, 2.75) is 50.2 Å². The summed E-state index contributed by atoms with van der Waals surface area (Å²) in [5.74, 6) is 0. The third-order valence-electron chi connectivity index (χ3n) is 4.57. The molecule has 110 valence electrons. The molecule has 2 bridgehead atoms. The van der Waals surface area contributed by atoms with Gasteiger partial charge in [-0.15, -0.1) is 0 Å². The molecule has 0 spiro atoms. The molecule has 2 unspecified atom stereocenters. The highest BCUT2D eigenvalue weighted by Crippen LogP contribution is 2.36. The Morgan fingerprint density at radius 1 is 1.10 bits per heavy atom. The molecule has 0 aliphatic carbocycles. The van der Waals surface area contributed by atoms with Crippen molar-refractivity contribution in [3.63, 3.8) is 0 Å². The molecule has 3 nitrogen and oxygen atoms in total. The molecule has 2 aliphatic heterocycles. The average molecular weight is 291 g/mol. The summed E-state index contributed by atoms with van der Waals surface area (Å²) in [5.41, 5.74) is 0.375. The summed E-state index contributed by atoms with van der Waals surface area (Å²) >= 11 is 0. The van der Waals surface area contributed by atoms with E-state index in [2.05, 4.69) is 49.2 Å². The van der Waals surface area contributed by atoms with Crippen molar-refractivity contribution in [1.29, 1.82) is 0 Å². The first-order valence-corrected chi connectivity index (χ1v) is 11.0. The van der Waals surface area contributed by atoms with Crippen molar-refractivity contribution in [2.24, 2.45) is 0 Å². The molecule has 2 heterocycles. The maximum atomic E-state index is 11.1. The number of nitrogens with one attached hydrogen (secondary N) is 1. The molecule has 0 saturated carbocycles. The molecule has 0 aromatic heterocycles. The highest BCUT2D eigenvalue weighted by molar-refractivity contribution is 6.88. The number of benzene rings is 1. The van der Waals surface area contributed by atoms with Crippen LogP contribution in [0.25, 0.3) is 0 Å². The molecular formula is C16H25NO2Si. The van der Waals surface area contributed by atoms with E-state index in [1.54, 1.807) is 0 Å². The second kappa shape index (κ2) is 4.95. The third kappa shape index (κ3) is 2.70. The lowest BCUT2D eigenvalue weighted by Gasteiger charge is -2.45. The van der Waals surface area contributed by atoms with Crippen LogP contribution in [0.1, 0.15) is 18.4 Å². The first-order valence-electron chi connectivity index (χ1n) is 7.54. The fourth-order valence-electron chi connectivity index (χ4n) is 3.43. The normalized spacial score (nSPS) is 34.0. The van der Waals surface area contributed by atoms with E-state index in [0.717, 1.165) is 18.4 Å². The van der Waals surface area contributed by atoms with Crippen molar-refractivity contribution in [2.75, 3.05) is 13.2 Å². The van der Waals surface area contributed by atoms with E-state index in [-0.39, 0.29) is 12.1 Å². The number of morpholine rings is 1. The average Bonchev–Trinajstić information content (AvgIpc) is 2.37. The van der Waals surface area contributed by atoms with Gasteiger partial charge >= 0.3 is 0 Å². The minimum absolute atomic E-state index is 0.282. The van der Waals surface area contributed by atoms with Crippen LogP contribution in [0.5, 0.6) is 0 Å². The maximum absolute atomic E-state index is 11.1. The van der Waals surface area contributed by atoms with Gasteiger partial charge < -0.3 is 15.2 Å². The smallest absolute Gasteiger partial charge is 0.0927 e. The van der Waals surface area contributed by atoms with Gasteiger partial charge in [0.1, 0.15) is 0 Å². The summed E-state index contributed by atoms with van der Waals surface area (Å²) in [6.45, 7) is 8.48. The van der Waals surface area contributed by atoms with Crippen LogP contribution in [0.3, 0.4) is 0 Å². The highest BCUT2D eigenvalue weighted by atomic mass is 28.3. The standard InChI is InChI=1S/C16H25NO2Si/c1-20(2,3)15-6-4-12(5-7-15)16(18)8-13-10-19-11-14(9-16)17-13/h4-7,13-14,17-18H,8-11H2,1-3H3. The van der Waals surface area contributed by atoms with Crippen LogP contribution in [0.4, 0.5) is 0 Å². The van der Waals surface area contributed by atoms with E-state index in [4.69, 9.17) is 4.74 Å². The Hall–Kier alpha value is -0.683. The van der Waals surface area contributed by atoms with E-state index < -0.39 is 13.7 Å². The van der Waals surface area contributed by atoms with Crippen LogP contribution in [0.2, 0.25) is 19.6 Å². The molecule has 2 N–H and O–H groups in total. The summed E-state index contributed by atoms with van der Waals surface area (Å²) in [7, 11) is -1.27. The zero-order valence-corrected chi connectivity index (χ0v) is 13.6. The lowest BCUT2D eigenvalue weighted by Crippen LogP contribution is -2.58. The van der Waals surface area contributed by atoms with E-state index in [0.29, 0.717) is 13.2 Å². The molecule has 0 amide bonds. The Balaban J connectivity index is 1.84. The molecule has 2 saturated heterocycles. The molecule has 1 aromatic rings. The number of piperidine rings is 1. The van der Waals surface area contributed by atoms with Gasteiger partial charge in [0.15, 0.2) is 0 Å². The first kappa shape index (κ1) is 14.3. The SMILES string of the molecule is C[Si](C)(C)c1ccc(C2(O)CC3COCC(C2)N3)cc1. The van der Waals surface area contributed by atoms with Crippen molar-refractivity contribution in [3.05, 3.63) is 29.8 Å². The largest absolute Gasteiger partial charge is 0.385 e. The number of hydrogen-bond donors (Lipinski definition) is 2. The molecule has 2 fully saturated rings. The van der Waals surface area contributed by atoms with Crippen LogP contribution in [0, 0.1) is 0 Å². The summed E-state index contributed by atoms with van der Waals surface area (Å²) in [6.07, 6.45) is 1.49. The molecule has 20 heavy (non-hydrogen) atoms. The van der Waals surface area contributed by atoms with Crippen molar-refractivity contribution >= 4 is 13.3 Å². The zero-order valence-electron chi connectivity index (χ0n) is 12.6. The van der Waals surface area contributed by atoms with Crippen LogP contribution in [-0.4, -0.2) is 38.5 Å². The minimum Gasteiger partial charge on any atom is -0.385 e. The number of fused-ring (bicyclic) bond motifs is 2. The zero-order chi connectivity index (χ0) is 14.4. The van der Waals surface area contributed by atoms with Crippen molar-refractivity contribution in [3.8, 4) is 0 Å². The highest BCUT2D eigenvalue weighted by Gasteiger charge is 2.42. The second-order valence-corrected chi connectivity index (χ2v) is 12.4. The van der Waals surface area contributed by atoms with Crippen LogP contribution < -0.4 is 10.5 Å². The first-order chi connectivity index (χ1) is 9.37. The molecule has 2 atom stereocenters. The van der Waals surface area contributed by atoms with E-state index in [9.17, 15) is 5.11 Å². The Kier molecular flexibility index (Phi) is 3.53. The summed E-state index contributed by atoms with van der Waals surface area (Å²) < 4.78 is 5.56. The van der Waals surface area contributed by atoms with Gasteiger partial charge in [0.05, 0.1) is 26.9 Å². The molecule has 1 aromatic carbocycles. The quantitative estimate of drug-likeness (QED) is 0.813. The third-order valence-corrected chi connectivity index (χ3v) is 6.63. The fourth-order valence-corrected chi connectivity index (χ4v) is 4.60. The van der Waals surface area contributed by atoms with Gasteiger partial charge in [0.2, 0.25) is 0 Å². The van der Waals surface area contributed by atoms with E-state index in [1.165, 1.54) is 5.19 Å². The Morgan fingerprint density at radius 2 is 1.65 bits per heavy atom. The number of aliphatic hydroxyl groups is 1. The maximum Gasteiger partial charge on any atom is 0.0927 e. The van der Waals surface area contributed by atoms with E-state index >= 15 is 0 Å². The van der Waals surface area contributed by atoms with Gasteiger partial charge in [-0.05, 0) is 18.4 Å². The Morgan fingerprint density at radius 3 is 2.15 bits per heavy atom. The van der Waals surface area contributed by atoms with Crippen LogP contribution in [-0.2, 0) is 10.3 Å². The van der Waals surface area contributed by atoms with Gasteiger partial charge in [-0.2, -0.15) is 0 Å². The predicted octanol–water partition coefficient (Wildman–Crippen LogP) is 1.57.